The highest BCUT2D eigenvalue weighted by Gasteiger charge is 2.13. The van der Waals surface area contributed by atoms with E-state index in [4.69, 9.17) is 10.5 Å². The molecule has 2 rings (SSSR count). The lowest BCUT2D eigenvalue weighted by Gasteiger charge is -2.21. The number of rotatable bonds is 3. The van der Waals surface area contributed by atoms with Gasteiger partial charge in [-0.1, -0.05) is 12.1 Å². The highest BCUT2D eigenvalue weighted by atomic mass is 32.1. The van der Waals surface area contributed by atoms with Crippen molar-refractivity contribution in [3.05, 3.63) is 40.1 Å². The lowest BCUT2D eigenvalue weighted by atomic mass is 10.0. The number of thiophene rings is 1. The van der Waals surface area contributed by atoms with Gasteiger partial charge >= 0.3 is 0 Å². The molecular weight excluding hydrogens is 254 g/mol. The van der Waals surface area contributed by atoms with Crippen LogP contribution in [0.1, 0.15) is 31.2 Å². The van der Waals surface area contributed by atoms with Gasteiger partial charge in [-0.2, -0.15) is 0 Å². The summed E-state index contributed by atoms with van der Waals surface area (Å²) in [6, 6.07) is 8.26. The standard InChI is InChI=1S/C16H21NOS/c1-11-15(13(9-17)10-19-11)12-5-7-14(8-6-12)18-16(2,3)4/h5-8,10H,9,17H2,1-4H3. The maximum atomic E-state index is 5.84. The van der Waals surface area contributed by atoms with Crippen molar-refractivity contribution in [3.63, 3.8) is 0 Å². The summed E-state index contributed by atoms with van der Waals surface area (Å²) in [7, 11) is 0. The third kappa shape index (κ3) is 3.37. The van der Waals surface area contributed by atoms with Crippen molar-refractivity contribution in [3.8, 4) is 16.9 Å². The van der Waals surface area contributed by atoms with Crippen LogP contribution in [0.4, 0.5) is 0 Å². The summed E-state index contributed by atoms with van der Waals surface area (Å²) in [6.07, 6.45) is 0. The van der Waals surface area contributed by atoms with Crippen LogP contribution >= 0.6 is 11.3 Å². The van der Waals surface area contributed by atoms with Crippen LogP contribution in [-0.4, -0.2) is 5.60 Å². The molecule has 0 aliphatic carbocycles. The summed E-state index contributed by atoms with van der Waals surface area (Å²) in [4.78, 5) is 1.31. The van der Waals surface area contributed by atoms with E-state index in [0.717, 1.165) is 5.75 Å². The van der Waals surface area contributed by atoms with Gasteiger partial charge in [-0.05, 0) is 61.9 Å². The predicted octanol–water partition coefficient (Wildman–Crippen LogP) is 4.36. The highest BCUT2D eigenvalue weighted by molar-refractivity contribution is 7.10. The Morgan fingerprint density at radius 3 is 2.32 bits per heavy atom. The number of benzene rings is 1. The van der Waals surface area contributed by atoms with Crippen molar-refractivity contribution >= 4 is 11.3 Å². The first-order chi connectivity index (χ1) is 8.90. The zero-order valence-electron chi connectivity index (χ0n) is 12.0. The minimum atomic E-state index is -0.164. The Morgan fingerprint density at radius 1 is 1.16 bits per heavy atom. The summed E-state index contributed by atoms with van der Waals surface area (Å²) in [5.74, 6) is 0.901. The largest absolute Gasteiger partial charge is 0.488 e. The molecule has 0 aliphatic rings. The lowest BCUT2D eigenvalue weighted by molar-refractivity contribution is 0.131. The monoisotopic (exact) mass is 275 g/mol. The van der Waals surface area contributed by atoms with Crippen LogP contribution < -0.4 is 10.5 Å². The maximum absolute atomic E-state index is 5.84. The molecule has 0 saturated carbocycles. The van der Waals surface area contributed by atoms with E-state index >= 15 is 0 Å². The Balaban J connectivity index is 2.30. The van der Waals surface area contributed by atoms with Gasteiger partial charge < -0.3 is 10.5 Å². The second kappa shape index (κ2) is 5.35. The van der Waals surface area contributed by atoms with E-state index in [-0.39, 0.29) is 5.60 Å². The molecule has 2 nitrogen and oxygen atoms in total. The summed E-state index contributed by atoms with van der Waals surface area (Å²) >= 11 is 1.75. The quantitative estimate of drug-likeness (QED) is 0.903. The zero-order chi connectivity index (χ0) is 14.0. The van der Waals surface area contributed by atoms with Gasteiger partial charge in [-0.3, -0.25) is 0 Å². The molecule has 0 amide bonds. The molecule has 1 aromatic carbocycles. The summed E-state index contributed by atoms with van der Waals surface area (Å²) in [6.45, 7) is 8.88. The number of nitrogens with two attached hydrogens (primary N) is 1. The molecule has 3 heteroatoms. The fourth-order valence-electron chi connectivity index (χ4n) is 2.09. The van der Waals surface area contributed by atoms with Crippen molar-refractivity contribution in [2.45, 2.75) is 39.8 Å². The van der Waals surface area contributed by atoms with Gasteiger partial charge in [-0.25, -0.2) is 0 Å². The van der Waals surface area contributed by atoms with E-state index < -0.39 is 0 Å². The lowest BCUT2D eigenvalue weighted by Crippen LogP contribution is -2.22. The first-order valence-corrected chi connectivity index (χ1v) is 7.35. The average Bonchev–Trinajstić information content (AvgIpc) is 2.69. The van der Waals surface area contributed by atoms with E-state index in [1.165, 1.54) is 21.6 Å². The second-order valence-corrected chi connectivity index (χ2v) is 6.72. The van der Waals surface area contributed by atoms with E-state index in [1.807, 2.05) is 12.1 Å². The Kier molecular flexibility index (Phi) is 3.97. The Bertz CT molecular complexity index is 549. The first-order valence-electron chi connectivity index (χ1n) is 6.47. The minimum absolute atomic E-state index is 0.164. The number of hydrogen-bond donors (Lipinski definition) is 1. The van der Waals surface area contributed by atoms with Crippen LogP contribution in [-0.2, 0) is 6.54 Å². The molecule has 0 spiro atoms. The Morgan fingerprint density at radius 2 is 1.79 bits per heavy atom. The molecule has 2 N–H and O–H groups in total. The molecule has 0 saturated heterocycles. The molecule has 0 fully saturated rings. The van der Waals surface area contributed by atoms with Gasteiger partial charge in [-0.15, -0.1) is 11.3 Å². The maximum Gasteiger partial charge on any atom is 0.120 e. The topological polar surface area (TPSA) is 35.2 Å². The zero-order valence-corrected chi connectivity index (χ0v) is 12.8. The van der Waals surface area contributed by atoms with Crippen molar-refractivity contribution in [1.82, 2.24) is 0 Å². The minimum Gasteiger partial charge on any atom is -0.488 e. The Hall–Kier alpha value is -1.32. The van der Waals surface area contributed by atoms with E-state index in [1.54, 1.807) is 11.3 Å². The summed E-state index contributed by atoms with van der Waals surface area (Å²) < 4.78 is 5.84. The van der Waals surface area contributed by atoms with Crippen LogP contribution in [0.25, 0.3) is 11.1 Å². The number of ether oxygens (including phenoxy) is 1. The van der Waals surface area contributed by atoms with Crippen molar-refractivity contribution in [2.75, 3.05) is 0 Å². The van der Waals surface area contributed by atoms with Crippen LogP contribution in [0.2, 0.25) is 0 Å². The van der Waals surface area contributed by atoms with Gasteiger partial charge in [0, 0.05) is 11.4 Å². The van der Waals surface area contributed by atoms with Crippen molar-refractivity contribution in [1.29, 1.82) is 0 Å². The van der Waals surface area contributed by atoms with Gasteiger partial charge in [0.2, 0.25) is 0 Å². The number of hydrogen-bond acceptors (Lipinski definition) is 3. The highest BCUT2D eigenvalue weighted by Crippen LogP contribution is 2.33. The molecule has 0 bridgehead atoms. The SMILES string of the molecule is Cc1scc(CN)c1-c1ccc(OC(C)(C)C)cc1. The molecular formula is C16H21NOS. The number of aryl methyl sites for hydroxylation is 1. The summed E-state index contributed by atoms with van der Waals surface area (Å²) in [5, 5.41) is 2.14. The van der Waals surface area contributed by atoms with Gasteiger partial charge in [0.1, 0.15) is 11.4 Å². The van der Waals surface area contributed by atoms with E-state index in [9.17, 15) is 0 Å². The van der Waals surface area contributed by atoms with Crippen LogP contribution in [0, 0.1) is 6.92 Å². The fourth-order valence-corrected chi connectivity index (χ4v) is 2.99. The van der Waals surface area contributed by atoms with E-state index in [0.29, 0.717) is 6.54 Å². The molecule has 0 unspecified atom stereocenters. The van der Waals surface area contributed by atoms with Gasteiger partial charge in [0.25, 0.3) is 0 Å². The van der Waals surface area contributed by atoms with Crippen LogP contribution in [0.5, 0.6) is 5.75 Å². The molecule has 0 atom stereocenters. The third-order valence-corrected chi connectivity index (χ3v) is 3.80. The molecule has 2 aromatic rings. The van der Waals surface area contributed by atoms with Gasteiger partial charge in [0.15, 0.2) is 0 Å². The molecule has 1 aromatic heterocycles. The fraction of sp³-hybridized carbons (Fsp3) is 0.375. The van der Waals surface area contributed by atoms with Gasteiger partial charge in [0.05, 0.1) is 0 Å². The first kappa shape index (κ1) is 14.1. The Labute approximate surface area is 119 Å². The normalized spacial score (nSPS) is 11.6. The predicted molar refractivity (Wildman–Crippen MR) is 82.8 cm³/mol. The van der Waals surface area contributed by atoms with Crippen molar-refractivity contribution in [2.24, 2.45) is 5.73 Å². The smallest absolute Gasteiger partial charge is 0.120 e. The molecule has 0 radical (unpaired) electrons. The van der Waals surface area contributed by atoms with Crippen LogP contribution in [0.15, 0.2) is 29.6 Å². The molecule has 0 aliphatic heterocycles. The van der Waals surface area contributed by atoms with Crippen LogP contribution in [0.3, 0.4) is 0 Å². The average molecular weight is 275 g/mol. The molecule has 19 heavy (non-hydrogen) atoms. The third-order valence-electron chi connectivity index (χ3n) is 2.84. The molecule has 1 heterocycles. The second-order valence-electron chi connectivity index (χ2n) is 5.64. The molecule has 102 valence electrons. The summed E-state index contributed by atoms with van der Waals surface area (Å²) in [5.41, 5.74) is 9.33. The van der Waals surface area contributed by atoms with E-state index in [2.05, 4.69) is 45.2 Å². The van der Waals surface area contributed by atoms with Crippen molar-refractivity contribution < 1.29 is 4.74 Å².